The van der Waals surface area contributed by atoms with Crippen molar-refractivity contribution in [3.05, 3.63) is 13.8 Å². The molecule has 66 valence electrons. The van der Waals surface area contributed by atoms with Crippen molar-refractivity contribution in [1.29, 1.82) is 0 Å². The molecule has 0 heterocycles. The Hall–Kier alpha value is 0.648. The quantitative estimate of drug-likeness (QED) is 0.719. The molecule has 0 radical (unpaired) electrons. The minimum atomic E-state index is 0. The second-order valence-electron chi connectivity index (χ2n) is 3.24. The largest absolute Gasteiger partial charge is 2.00 e. The van der Waals surface area contributed by atoms with Crippen molar-refractivity contribution in [2.45, 2.75) is 45.8 Å². The molecule has 0 aliphatic rings. The Labute approximate surface area is 85.8 Å². The van der Waals surface area contributed by atoms with Gasteiger partial charge in [0.05, 0.1) is 0 Å². The molecule has 0 N–H and O–H groups in total. The molecule has 0 amide bonds. The Morgan fingerprint density at radius 2 is 1.18 bits per heavy atom. The van der Waals surface area contributed by atoms with Crippen LogP contribution in [-0.2, 0) is 21.1 Å². The van der Waals surface area contributed by atoms with E-state index >= 15 is 0 Å². The van der Waals surface area contributed by atoms with Crippen LogP contribution in [0.5, 0.6) is 0 Å². The Morgan fingerprint density at radius 1 is 0.909 bits per heavy atom. The van der Waals surface area contributed by atoms with Gasteiger partial charge in [-0.2, -0.15) is 0 Å². The summed E-state index contributed by atoms with van der Waals surface area (Å²) >= 11 is 0. The number of hydrogen-bond donors (Lipinski definition) is 0. The van der Waals surface area contributed by atoms with E-state index in [1.54, 1.807) is 0 Å². The molecule has 0 fully saturated rings. The van der Waals surface area contributed by atoms with E-state index in [1.165, 1.54) is 0 Å². The van der Waals surface area contributed by atoms with Gasteiger partial charge < -0.3 is 18.7 Å². The van der Waals surface area contributed by atoms with E-state index in [-0.39, 0.29) is 21.1 Å². The maximum atomic E-state index is 3.97. The van der Waals surface area contributed by atoms with Crippen LogP contribution in [0, 0.1) is 13.8 Å². The fourth-order valence-electron chi connectivity index (χ4n) is 1.45. The van der Waals surface area contributed by atoms with Crippen LogP contribution in [0.2, 0.25) is 0 Å². The van der Waals surface area contributed by atoms with Crippen molar-refractivity contribution in [2.75, 3.05) is 0 Å². The van der Waals surface area contributed by atoms with E-state index in [9.17, 15) is 0 Å². The molecule has 0 rings (SSSR count). The van der Waals surface area contributed by atoms with Gasteiger partial charge >= 0.3 is 21.1 Å². The zero-order valence-electron chi connectivity index (χ0n) is 8.00. The second kappa shape index (κ2) is 6.20. The van der Waals surface area contributed by atoms with E-state index in [1.807, 2.05) is 0 Å². The van der Waals surface area contributed by atoms with E-state index < -0.39 is 0 Å². The van der Waals surface area contributed by atoms with Crippen molar-refractivity contribution in [2.24, 2.45) is 0 Å². The average Bonchev–Trinajstić information content (AvgIpc) is 1.59. The van der Waals surface area contributed by atoms with Crippen LogP contribution in [0.25, 0.3) is 0 Å². The van der Waals surface area contributed by atoms with Gasteiger partial charge in [-0.1, -0.05) is 27.7 Å². The first-order valence-corrected chi connectivity index (χ1v) is 3.90. The minimum absolute atomic E-state index is 0. The van der Waals surface area contributed by atoms with E-state index in [0.29, 0.717) is 18.1 Å². The second-order valence-corrected chi connectivity index (χ2v) is 3.24. The third kappa shape index (κ3) is 4.98. The van der Waals surface area contributed by atoms with Gasteiger partial charge in [-0.05, 0) is 6.04 Å². The minimum Gasteiger partial charge on any atom is -0.355 e. The summed E-state index contributed by atoms with van der Waals surface area (Å²) < 4.78 is 0. The molecule has 11 heavy (non-hydrogen) atoms. The topological polar surface area (TPSA) is 3.24 Å². The van der Waals surface area contributed by atoms with Crippen LogP contribution in [0.15, 0.2) is 0 Å². The molecule has 2 unspecified atom stereocenters. The standard InChI is InChI=1S/C9H19N.W/c1-7(2)10(8(3)4)9(5)6;/h7-9H,1,3H2,2,4-6H3;/q-2;+2. The maximum Gasteiger partial charge on any atom is 2.00 e. The van der Waals surface area contributed by atoms with E-state index in [4.69, 9.17) is 0 Å². The predicted molar refractivity (Wildman–Crippen MR) is 46.6 cm³/mol. The van der Waals surface area contributed by atoms with Crippen LogP contribution in [0.4, 0.5) is 0 Å². The number of hydrogen-bond acceptors (Lipinski definition) is 1. The normalized spacial score (nSPS) is 16.4. The Balaban J connectivity index is 0. The number of rotatable bonds is 3. The zero-order valence-corrected chi connectivity index (χ0v) is 10.9. The monoisotopic (exact) mass is 325 g/mol. The molecule has 2 atom stereocenters. The first-order chi connectivity index (χ1) is 4.46. The van der Waals surface area contributed by atoms with Crippen molar-refractivity contribution in [3.63, 3.8) is 0 Å². The summed E-state index contributed by atoms with van der Waals surface area (Å²) in [6.07, 6.45) is 0. The van der Waals surface area contributed by atoms with E-state index in [2.05, 4.69) is 46.4 Å². The predicted octanol–water partition coefficient (Wildman–Crippen LogP) is 2.14. The molecule has 0 aromatic carbocycles. The smallest absolute Gasteiger partial charge is 0.355 e. The summed E-state index contributed by atoms with van der Waals surface area (Å²) in [4.78, 5) is 2.28. The summed E-state index contributed by atoms with van der Waals surface area (Å²) in [6, 6.07) is 1.25. The Morgan fingerprint density at radius 3 is 1.18 bits per heavy atom. The van der Waals surface area contributed by atoms with Gasteiger partial charge in [-0.15, -0.1) is 12.1 Å². The summed E-state index contributed by atoms with van der Waals surface area (Å²) in [7, 11) is 0. The van der Waals surface area contributed by atoms with Crippen molar-refractivity contribution >= 4 is 0 Å². The van der Waals surface area contributed by atoms with Crippen LogP contribution in [0.3, 0.4) is 0 Å². The molecule has 0 aliphatic carbocycles. The van der Waals surface area contributed by atoms with Gasteiger partial charge in [0, 0.05) is 0 Å². The summed E-state index contributed by atoms with van der Waals surface area (Å²) in [5.74, 6) is 0. The van der Waals surface area contributed by atoms with Gasteiger partial charge in [0.15, 0.2) is 0 Å². The maximum absolute atomic E-state index is 3.97. The van der Waals surface area contributed by atoms with Gasteiger partial charge in [-0.25, -0.2) is 0 Å². The molecule has 0 saturated heterocycles. The first kappa shape index (κ1) is 14.2. The molecular weight excluding hydrogens is 306 g/mol. The number of nitrogens with zero attached hydrogens (tertiary/aromatic N) is 1. The molecule has 0 bridgehead atoms. The zero-order chi connectivity index (χ0) is 8.31. The molecule has 1 nitrogen and oxygen atoms in total. The van der Waals surface area contributed by atoms with E-state index in [0.717, 1.165) is 0 Å². The first-order valence-electron chi connectivity index (χ1n) is 3.90. The molecule has 0 aliphatic heterocycles. The molecule has 0 aromatic heterocycles. The van der Waals surface area contributed by atoms with Gasteiger partial charge in [0.2, 0.25) is 0 Å². The average molecular weight is 325 g/mol. The van der Waals surface area contributed by atoms with Crippen LogP contribution in [-0.4, -0.2) is 23.0 Å². The Kier molecular flexibility index (Phi) is 7.99. The fourth-order valence-corrected chi connectivity index (χ4v) is 1.45. The SMILES string of the molecule is [CH2-]C(C)N(C([CH2-])C)C(C)C.[W+2]. The van der Waals surface area contributed by atoms with Gasteiger partial charge in [0.25, 0.3) is 0 Å². The third-order valence-electron chi connectivity index (χ3n) is 1.61. The molecule has 2 heteroatoms. The van der Waals surface area contributed by atoms with Crippen molar-refractivity contribution in [1.82, 2.24) is 4.90 Å². The van der Waals surface area contributed by atoms with Crippen LogP contribution >= 0.6 is 0 Å². The van der Waals surface area contributed by atoms with Crippen LogP contribution in [0.1, 0.15) is 27.7 Å². The summed E-state index contributed by atoms with van der Waals surface area (Å²) in [5.41, 5.74) is 0. The summed E-state index contributed by atoms with van der Waals surface area (Å²) in [6.45, 7) is 16.5. The molecular formula is C9H19NW. The summed E-state index contributed by atoms with van der Waals surface area (Å²) in [5, 5.41) is 0. The van der Waals surface area contributed by atoms with Crippen LogP contribution < -0.4 is 0 Å². The third-order valence-corrected chi connectivity index (χ3v) is 1.61. The Bertz CT molecular complexity index is 70.5. The molecule has 0 spiro atoms. The van der Waals surface area contributed by atoms with Gasteiger partial charge in [-0.3, -0.25) is 0 Å². The molecule has 0 aromatic rings. The molecule has 0 saturated carbocycles. The fraction of sp³-hybridized carbons (Fsp3) is 0.778. The van der Waals surface area contributed by atoms with Crippen molar-refractivity contribution < 1.29 is 21.1 Å². The van der Waals surface area contributed by atoms with Crippen molar-refractivity contribution in [3.8, 4) is 0 Å². The van der Waals surface area contributed by atoms with Gasteiger partial charge in [0.1, 0.15) is 0 Å².